The molecule has 2 heterocycles. The van der Waals surface area contributed by atoms with Gasteiger partial charge < -0.3 is 16.4 Å². The number of alkyl halides is 3. The molecule has 3 rings (SSSR count). The number of nitrogens with two attached hydrogens (primary N) is 1. The lowest BCUT2D eigenvalue weighted by atomic mass is 10.1. The van der Waals surface area contributed by atoms with E-state index in [1.54, 1.807) is 12.1 Å². The standard InChI is InChI=1S/C20H20F3N7O3S/c1-30(34(2,32)33)18-12(6-5-9-25-18)10-26-17-14(20(21,22)23)11-27-19(29-17)28-15-8-4-3-7-13(15)16(24)31/h3-9,11H,10H2,1-2H3,(H2,24,31)(H2,26,27,28,29). The molecule has 0 aliphatic carbocycles. The maximum absolute atomic E-state index is 13.6. The van der Waals surface area contributed by atoms with Gasteiger partial charge in [-0.15, -0.1) is 0 Å². The first kappa shape index (κ1) is 24.7. The molecule has 0 spiro atoms. The number of primary amides is 1. The van der Waals surface area contributed by atoms with E-state index < -0.39 is 33.5 Å². The number of para-hydroxylation sites is 1. The fourth-order valence-electron chi connectivity index (χ4n) is 2.90. The van der Waals surface area contributed by atoms with Crippen molar-refractivity contribution in [3.63, 3.8) is 0 Å². The maximum Gasteiger partial charge on any atom is 0.421 e. The Bertz CT molecular complexity index is 1320. The molecule has 0 saturated carbocycles. The number of hydrogen-bond acceptors (Lipinski definition) is 8. The first-order valence-electron chi connectivity index (χ1n) is 9.59. The Morgan fingerprint density at radius 2 is 1.85 bits per heavy atom. The zero-order valence-corrected chi connectivity index (χ0v) is 18.8. The molecule has 0 saturated heterocycles. The number of nitrogens with one attached hydrogen (secondary N) is 2. The van der Waals surface area contributed by atoms with Crippen LogP contribution in [-0.2, 0) is 22.7 Å². The summed E-state index contributed by atoms with van der Waals surface area (Å²) in [5, 5.41) is 5.27. The van der Waals surface area contributed by atoms with E-state index in [2.05, 4.69) is 25.6 Å². The van der Waals surface area contributed by atoms with Crippen LogP contribution in [0.5, 0.6) is 0 Å². The van der Waals surface area contributed by atoms with Gasteiger partial charge in [-0.25, -0.2) is 18.4 Å². The fraction of sp³-hybridized carbons (Fsp3) is 0.200. The number of rotatable bonds is 8. The first-order valence-corrected chi connectivity index (χ1v) is 11.4. The third-order valence-corrected chi connectivity index (χ3v) is 5.81. The highest BCUT2D eigenvalue weighted by Crippen LogP contribution is 2.34. The van der Waals surface area contributed by atoms with Crippen molar-refractivity contribution in [2.24, 2.45) is 5.73 Å². The van der Waals surface area contributed by atoms with E-state index >= 15 is 0 Å². The Kier molecular flexibility index (Phi) is 6.91. The van der Waals surface area contributed by atoms with E-state index in [9.17, 15) is 26.4 Å². The molecule has 0 radical (unpaired) electrons. The van der Waals surface area contributed by atoms with Crippen LogP contribution in [0.15, 0.2) is 48.8 Å². The lowest BCUT2D eigenvalue weighted by Gasteiger charge is -2.20. The monoisotopic (exact) mass is 495 g/mol. The van der Waals surface area contributed by atoms with Crippen molar-refractivity contribution in [2.45, 2.75) is 12.7 Å². The van der Waals surface area contributed by atoms with Crippen molar-refractivity contribution >= 4 is 39.2 Å². The number of sulfonamides is 1. The lowest BCUT2D eigenvalue weighted by molar-refractivity contribution is -0.137. The molecule has 1 aromatic carbocycles. The van der Waals surface area contributed by atoms with E-state index in [1.165, 1.54) is 37.5 Å². The smallest absolute Gasteiger partial charge is 0.366 e. The van der Waals surface area contributed by atoms with Crippen LogP contribution in [-0.4, -0.2) is 42.6 Å². The average molecular weight is 495 g/mol. The molecule has 0 bridgehead atoms. The van der Waals surface area contributed by atoms with E-state index in [0.29, 0.717) is 11.8 Å². The Labute approximate surface area is 193 Å². The van der Waals surface area contributed by atoms with Crippen molar-refractivity contribution in [1.29, 1.82) is 0 Å². The molecule has 10 nitrogen and oxygen atoms in total. The average Bonchev–Trinajstić information content (AvgIpc) is 2.76. The minimum Gasteiger partial charge on any atom is -0.366 e. The van der Waals surface area contributed by atoms with Gasteiger partial charge in [-0.3, -0.25) is 9.10 Å². The predicted molar refractivity (Wildman–Crippen MR) is 120 cm³/mol. The highest BCUT2D eigenvalue weighted by atomic mass is 32.2. The number of nitrogens with zero attached hydrogens (tertiary/aromatic N) is 4. The number of amides is 1. The highest BCUT2D eigenvalue weighted by Gasteiger charge is 2.35. The number of hydrogen-bond donors (Lipinski definition) is 3. The Morgan fingerprint density at radius 3 is 2.50 bits per heavy atom. The minimum absolute atomic E-state index is 0.0499. The molecule has 4 N–H and O–H groups in total. The maximum atomic E-state index is 13.6. The first-order chi connectivity index (χ1) is 15.9. The van der Waals surface area contributed by atoms with Crippen LogP contribution in [0.3, 0.4) is 0 Å². The Hall–Kier alpha value is -3.94. The summed E-state index contributed by atoms with van der Waals surface area (Å²) < 4.78 is 65.4. The van der Waals surface area contributed by atoms with Gasteiger partial charge in [0.15, 0.2) is 0 Å². The van der Waals surface area contributed by atoms with E-state index in [-0.39, 0.29) is 29.6 Å². The molecule has 1 amide bonds. The summed E-state index contributed by atoms with van der Waals surface area (Å²) in [6.07, 6.45) is -1.83. The quantitative estimate of drug-likeness (QED) is 0.433. The molecule has 0 aliphatic heterocycles. The van der Waals surface area contributed by atoms with Gasteiger partial charge in [-0.2, -0.15) is 18.2 Å². The highest BCUT2D eigenvalue weighted by molar-refractivity contribution is 7.92. The third kappa shape index (κ3) is 5.70. The second-order valence-corrected chi connectivity index (χ2v) is 9.07. The van der Waals surface area contributed by atoms with Crippen molar-refractivity contribution in [3.05, 3.63) is 65.5 Å². The van der Waals surface area contributed by atoms with Gasteiger partial charge in [-0.05, 0) is 18.2 Å². The number of halogens is 3. The van der Waals surface area contributed by atoms with Gasteiger partial charge in [0.05, 0.1) is 17.5 Å². The number of carbonyl (C=O) groups excluding carboxylic acids is 1. The summed E-state index contributed by atoms with van der Waals surface area (Å²) in [4.78, 5) is 23.2. The molecular weight excluding hydrogens is 475 g/mol. The molecule has 34 heavy (non-hydrogen) atoms. The van der Waals surface area contributed by atoms with Crippen molar-refractivity contribution in [3.8, 4) is 0 Å². The summed E-state index contributed by atoms with van der Waals surface area (Å²) in [6.45, 7) is -0.222. The lowest BCUT2D eigenvalue weighted by Crippen LogP contribution is -2.27. The van der Waals surface area contributed by atoms with Gasteiger partial charge in [-0.1, -0.05) is 18.2 Å². The zero-order chi connectivity index (χ0) is 25.1. The van der Waals surface area contributed by atoms with Gasteiger partial charge in [0.2, 0.25) is 16.0 Å². The van der Waals surface area contributed by atoms with E-state index in [4.69, 9.17) is 5.73 Å². The minimum atomic E-state index is -4.77. The van der Waals surface area contributed by atoms with Crippen LogP contribution in [0, 0.1) is 0 Å². The summed E-state index contributed by atoms with van der Waals surface area (Å²) in [7, 11) is -2.37. The summed E-state index contributed by atoms with van der Waals surface area (Å²) in [6, 6.07) is 9.15. The number of anilines is 4. The molecule has 0 atom stereocenters. The molecule has 3 aromatic rings. The van der Waals surface area contributed by atoms with Crippen LogP contribution in [0.1, 0.15) is 21.5 Å². The van der Waals surface area contributed by atoms with Crippen molar-refractivity contribution in [1.82, 2.24) is 15.0 Å². The number of pyridine rings is 1. The van der Waals surface area contributed by atoms with Gasteiger partial charge in [0, 0.05) is 31.5 Å². The fourth-order valence-corrected chi connectivity index (χ4v) is 3.38. The van der Waals surface area contributed by atoms with Crippen molar-refractivity contribution < 1.29 is 26.4 Å². The van der Waals surface area contributed by atoms with E-state index in [1.807, 2.05) is 0 Å². The zero-order valence-electron chi connectivity index (χ0n) is 18.0. The van der Waals surface area contributed by atoms with Crippen LogP contribution in [0.25, 0.3) is 0 Å². The predicted octanol–water partition coefficient (Wildman–Crippen LogP) is 2.74. The Morgan fingerprint density at radius 1 is 1.15 bits per heavy atom. The van der Waals surface area contributed by atoms with Crippen LogP contribution >= 0.6 is 0 Å². The second kappa shape index (κ2) is 9.51. The van der Waals surface area contributed by atoms with E-state index in [0.717, 1.165) is 10.6 Å². The van der Waals surface area contributed by atoms with Crippen molar-refractivity contribution in [2.75, 3.05) is 28.2 Å². The second-order valence-electron chi connectivity index (χ2n) is 7.06. The van der Waals surface area contributed by atoms with Gasteiger partial charge in [0.1, 0.15) is 17.2 Å². The van der Waals surface area contributed by atoms with Crippen LogP contribution in [0.2, 0.25) is 0 Å². The molecule has 180 valence electrons. The molecule has 14 heteroatoms. The largest absolute Gasteiger partial charge is 0.421 e. The normalized spacial score (nSPS) is 11.7. The molecule has 2 aromatic heterocycles. The van der Waals surface area contributed by atoms with Gasteiger partial charge in [0.25, 0.3) is 5.91 Å². The number of benzene rings is 1. The Balaban J connectivity index is 1.95. The summed E-state index contributed by atoms with van der Waals surface area (Å²) >= 11 is 0. The number of aromatic nitrogens is 3. The van der Waals surface area contributed by atoms with Crippen LogP contribution < -0.4 is 20.7 Å². The molecule has 0 unspecified atom stereocenters. The topological polar surface area (TPSA) is 143 Å². The molecule has 0 aliphatic rings. The molecular formula is C20H20F3N7O3S. The van der Waals surface area contributed by atoms with Gasteiger partial charge >= 0.3 is 6.18 Å². The molecule has 0 fully saturated rings. The number of carbonyl (C=O) groups is 1. The van der Waals surface area contributed by atoms with Crippen LogP contribution in [0.4, 0.5) is 36.4 Å². The SMILES string of the molecule is CN(c1ncccc1CNc1nc(Nc2ccccc2C(N)=O)ncc1C(F)(F)F)S(C)(=O)=O. The summed E-state index contributed by atoms with van der Waals surface area (Å²) in [5.74, 6) is -1.47. The third-order valence-electron chi connectivity index (χ3n) is 4.64. The summed E-state index contributed by atoms with van der Waals surface area (Å²) in [5.41, 5.74) is 4.82.